The van der Waals surface area contributed by atoms with Gasteiger partial charge >= 0.3 is 5.97 Å². The van der Waals surface area contributed by atoms with E-state index in [4.69, 9.17) is 4.74 Å². The number of amides is 1. The summed E-state index contributed by atoms with van der Waals surface area (Å²) in [5, 5.41) is 13.1. The van der Waals surface area contributed by atoms with Crippen LogP contribution >= 0.6 is 0 Å². The number of hydrogen-bond donors (Lipinski definition) is 2. The van der Waals surface area contributed by atoms with Crippen LogP contribution in [0.25, 0.3) is 0 Å². The molecule has 0 saturated heterocycles. The lowest BCUT2D eigenvalue weighted by molar-refractivity contribution is -0.387. The SMILES string of the molecule is COC(=O)CNC(=O)CNS(=O)(=O)c1ccc(OC)cc1[N+](=O)[O-]. The Kier molecular flexibility index (Phi) is 6.61. The zero-order valence-electron chi connectivity index (χ0n) is 12.8. The molecule has 0 saturated carbocycles. The highest BCUT2D eigenvalue weighted by Gasteiger charge is 2.26. The maximum absolute atomic E-state index is 12.1. The third-order valence-electron chi connectivity index (χ3n) is 2.73. The first kappa shape index (κ1) is 19.3. The summed E-state index contributed by atoms with van der Waals surface area (Å²) in [7, 11) is -1.92. The van der Waals surface area contributed by atoms with Crippen molar-refractivity contribution in [3.63, 3.8) is 0 Å². The first-order valence-electron chi connectivity index (χ1n) is 6.37. The molecule has 0 bridgehead atoms. The van der Waals surface area contributed by atoms with E-state index in [2.05, 4.69) is 10.1 Å². The average molecular weight is 361 g/mol. The minimum absolute atomic E-state index is 0.108. The molecule has 0 aliphatic heterocycles. The Balaban J connectivity index is 2.87. The molecule has 0 radical (unpaired) electrons. The molecule has 2 N–H and O–H groups in total. The van der Waals surface area contributed by atoms with Gasteiger partial charge in [-0.15, -0.1) is 0 Å². The number of ether oxygens (including phenoxy) is 2. The maximum atomic E-state index is 12.1. The second-order valence-corrected chi connectivity index (χ2v) is 6.00. The minimum atomic E-state index is -4.32. The van der Waals surface area contributed by atoms with Gasteiger partial charge in [0.25, 0.3) is 5.69 Å². The summed E-state index contributed by atoms with van der Waals surface area (Å²) in [4.78, 5) is 31.8. The van der Waals surface area contributed by atoms with Crippen molar-refractivity contribution < 1.29 is 32.4 Å². The lowest BCUT2D eigenvalue weighted by atomic mass is 10.3. The summed E-state index contributed by atoms with van der Waals surface area (Å²) in [5.41, 5.74) is -0.697. The highest BCUT2D eigenvalue weighted by Crippen LogP contribution is 2.27. The number of carbonyl (C=O) groups is 2. The van der Waals surface area contributed by atoms with Gasteiger partial charge in [0.2, 0.25) is 15.9 Å². The minimum Gasteiger partial charge on any atom is -0.497 e. The number of esters is 1. The first-order valence-corrected chi connectivity index (χ1v) is 7.85. The summed E-state index contributed by atoms with van der Waals surface area (Å²) < 4.78 is 35.3. The van der Waals surface area contributed by atoms with Crippen molar-refractivity contribution in [2.24, 2.45) is 0 Å². The molecule has 0 aliphatic rings. The smallest absolute Gasteiger partial charge is 0.325 e. The van der Waals surface area contributed by atoms with Crippen LogP contribution in [-0.2, 0) is 24.3 Å². The molecule has 0 spiro atoms. The number of carbonyl (C=O) groups excluding carboxylic acids is 2. The van der Waals surface area contributed by atoms with Crippen molar-refractivity contribution in [1.82, 2.24) is 10.0 Å². The summed E-state index contributed by atoms with van der Waals surface area (Å²) in [6.45, 7) is -1.14. The first-order chi connectivity index (χ1) is 11.2. The number of rotatable bonds is 8. The number of sulfonamides is 1. The third kappa shape index (κ3) is 5.17. The van der Waals surface area contributed by atoms with Gasteiger partial charge in [-0.2, -0.15) is 0 Å². The highest BCUT2D eigenvalue weighted by molar-refractivity contribution is 7.89. The average Bonchev–Trinajstić information content (AvgIpc) is 2.57. The Morgan fingerprint density at radius 1 is 1.25 bits per heavy atom. The fourth-order valence-corrected chi connectivity index (χ4v) is 2.67. The van der Waals surface area contributed by atoms with E-state index in [1.165, 1.54) is 13.2 Å². The van der Waals surface area contributed by atoms with Gasteiger partial charge in [0.15, 0.2) is 4.90 Å². The normalized spacial score (nSPS) is 10.8. The lowest BCUT2D eigenvalue weighted by Crippen LogP contribution is -2.39. The van der Waals surface area contributed by atoms with Gasteiger partial charge in [-0.3, -0.25) is 19.7 Å². The predicted octanol–water partition coefficient (Wildman–Crippen LogP) is -0.829. The summed E-state index contributed by atoms with van der Waals surface area (Å²) >= 11 is 0. The van der Waals surface area contributed by atoms with E-state index in [0.29, 0.717) is 0 Å². The molecule has 24 heavy (non-hydrogen) atoms. The second kappa shape index (κ2) is 8.21. The molecule has 11 nitrogen and oxygen atoms in total. The van der Waals surface area contributed by atoms with Crippen molar-refractivity contribution in [1.29, 1.82) is 0 Å². The van der Waals surface area contributed by atoms with E-state index in [0.717, 1.165) is 19.2 Å². The molecule has 12 heteroatoms. The molecule has 0 fully saturated rings. The van der Waals surface area contributed by atoms with Gasteiger partial charge in [0.1, 0.15) is 12.3 Å². The van der Waals surface area contributed by atoms with Crippen molar-refractivity contribution >= 4 is 27.6 Å². The van der Waals surface area contributed by atoms with Crippen LogP contribution in [0.2, 0.25) is 0 Å². The van der Waals surface area contributed by atoms with Crippen LogP contribution in [0, 0.1) is 10.1 Å². The van der Waals surface area contributed by atoms with E-state index in [1.807, 2.05) is 4.72 Å². The van der Waals surface area contributed by atoms with Crippen molar-refractivity contribution in [3.8, 4) is 5.75 Å². The van der Waals surface area contributed by atoms with E-state index in [-0.39, 0.29) is 5.75 Å². The number of nitrogens with one attached hydrogen (secondary N) is 2. The van der Waals surface area contributed by atoms with E-state index < -0.39 is 50.5 Å². The molecular weight excluding hydrogens is 346 g/mol. The fourth-order valence-electron chi connectivity index (χ4n) is 1.54. The van der Waals surface area contributed by atoms with Crippen LogP contribution in [0.15, 0.2) is 23.1 Å². The largest absolute Gasteiger partial charge is 0.497 e. The summed E-state index contributed by atoms with van der Waals surface area (Å²) in [6, 6.07) is 3.18. The van der Waals surface area contributed by atoms with E-state index in [1.54, 1.807) is 0 Å². The Bertz CT molecular complexity index is 747. The number of hydrogen-bond acceptors (Lipinski definition) is 8. The molecule has 0 atom stereocenters. The van der Waals surface area contributed by atoms with E-state index >= 15 is 0 Å². The fraction of sp³-hybridized carbons (Fsp3) is 0.333. The Hall–Kier alpha value is -2.73. The number of methoxy groups -OCH3 is 2. The van der Waals surface area contributed by atoms with Crippen LogP contribution in [0.3, 0.4) is 0 Å². The van der Waals surface area contributed by atoms with Gasteiger partial charge in [-0.25, -0.2) is 13.1 Å². The van der Waals surface area contributed by atoms with Crippen molar-refractivity contribution in [2.45, 2.75) is 4.90 Å². The van der Waals surface area contributed by atoms with Gasteiger partial charge in [0, 0.05) is 0 Å². The summed E-state index contributed by atoms with van der Waals surface area (Å²) in [5.74, 6) is -1.41. The number of nitro benzene ring substituents is 1. The lowest BCUT2D eigenvalue weighted by Gasteiger charge is -2.08. The van der Waals surface area contributed by atoms with Crippen LogP contribution in [0.4, 0.5) is 5.69 Å². The molecule has 132 valence electrons. The molecule has 1 aromatic rings. The van der Waals surface area contributed by atoms with Gasteiger partial charge in [-0.05, 0) is 12.1 Å². The molecule has 0 aromatic heterocycles. The standard InChI is InChI=1S/C12H15N3O8S/c1-22-8-3-4-10(9(5-8)15(18)19)24(20,21)14-6-11(16)13-7-12(17)23-2/h3-5,14H,6-7H2,1-2H3,(H,13,16). The zero-order valence-corrected chi connectivity index (χ0v) is 13.6. The van der Waals surface area contributed by atoms with Gasteiger partial charge in [0.05, 0.1) is 31.8 Å². The maximum Gasteiger partial charge on any atom is 0.325 e. The number of nitro groups is 1. The second-order valence-electron chi connectivity index (χ2n) is 4.27. The topological polar surface area (TPSA) is 154 Å². The Morgan fingerprint density at radius 2 is 1.92 bits per heavy atom. The van der Waals surface area contributed by atoms with Crippen LogP contribution in [0.5, 0.6) is 5.75 Å². The predicted molar refractivity (Wildman–Crippen MR) is 79.9 cm³/mol. The highest BCUT2D eigenvalue weighted by atomic mass is 32.2. The Morgan fingerprint density at radius 3 is 2.46 bits per heavy atom. The molecule has 1 aromatic carbocycles. The third-order valence-corrected chi connectivity index (χ3v) is 4.18. The van der Waals surface area contributed by atoms with Crippen LogP contribution in [0.1, 0.15) is 0 Å². The van der Waals surface area contributed by atoms with Crippen molar-refractivity contribution in [2.75, 3.05) is 27.3 Å². The van der Waals surface area contributed by atoms with Gasteiger partial charge in [-0.1, -0.05) is 0 Å². The van der Waals surface area contributed by atoms with Gasteiger partial charge < -0.3 is 14.8 Å². The number of nitrogens with zero attached hydrogens (tertiary/aromatic N) is 1. The molecular formula is C12H15N3O8S. The quantitative estimate of drug-likeness (QED) is 0.345. The van der Waals surface area contributed by atoms with Crippen LogP contribution < -0.4 is 14.8 Å². The summed E-state index contributed by atoms with van der Waals surface area (Å²) in [6.07, 6.45) is 0. The zero-order chi connectivity index (χ0) is 18.3. The van der Waals surface area contributed by atoms with E-state index in [9.17, 15) is 28.1 Å². The molecule has 1 amide bonds. The number of benzene rings is 1. The molecule has 0 unspecified atom stereocenters. The molecule has 1 rings (SSSR count). The van der Waals surface area contributed by atoms with Crippen molar-refractivity contribution in [3.05, 3.63) is 28.3 Å². The monoisotopic (exact) mass is 361 g/mol. The van der Waals surface area contributed by atoms with Crippen LogP contribution in [-0.4, -0.2) is 52.5 Å². The molecule has 0 heterocycles. The molecule has 0 aliphatic carbocycles. The Labute approximate surface area is 137 Å².